The normalized spacial score (nSPS) is 14.7. The van der Waals surface area contributed by atoms with Gasteiger partial charge in [0.25, 0.3) is 0 Å². The maximum atomic E-state index is 10.7. The van der Waals surface area contributed by atoms with Crippen LogP contribution in [0.25, 0.3) is 0 Å². The van der Waals surface area contributed by atoms with Crippen LogP contribution in [0.5, 0.6) is 5.75 Å². The molecule has 4 N–H and O–H groups in total. The molecule has 14 heavy (non-hydrogen) atoms. The van der Waals surface area contributed by atoms with Gasteiger partial charge in [0, 0.05) is 6.42 Å². The van der Waals surface area contributed by atoms with Crippen LogP contribution < -0.4 is 5.73 Å². The number of phenolic OH excluding ortho intramolecular Hbond substituents is 1. The molecule has 0 unspecified atom stereocenters. The van der Waals surface area contributed by atoms with Gasteiger partial charge in [-0.3, -0.25) is 4.79 Å². The number of benzene rings is 1. The van der Waals surface area contributed by atoms with Gasteiger partial charge in [0.2, 0.25) is 0 Å². The van der Waals surface area contributed by atoms with Gasteiger partial charge in [-0.2, -0.15) is 0 Å². The van der Waals surface area contributed by atoms with Gasteiger partial charge in [-0.25, -0.2) is 0 Å². The number of aromatic hydroxyl groups is 1. The molecule has 0 aromatic heterocycles. The zero-order valence-electron chi connectivity index (χ0n) is 7.90. The standard InChI is InChI=1S/C10H13NO3/c1-10(11,9(13)14)6-7-4-2-3-5-8(7)12/h2-5,12H,6,11H2,1H3,(H,13,14)/t10-/m0/s1. The highest BCUT2D eigenvalue weighted by Crippen LogP contribution is 2.20. The van der Waals surface area contributed by atoms with E-state index in [9.17, 15) is 9.90 Å². The third kappa shape index (κ3) is 2.23. The van der Waals surface area contributed by atoms with Gasteiger partial charge in [-0.15, -0.1) is 0 Å². The SMILES string of the molecule is C[C@](N)(Cc1ccccc1O)C(=O)O. The molecule has 76 valence electrons. The number of carboxylic acid groups (broad SMARTS) is 1. The molecule has 0 saturated heterocycles. The van der Waals surface area contributed by atoms with Crippen molar-refractivity contribution in [2.75, 3.05) is 0 Å². The molecule has 0 aliphatic carbocycles. The van der Waals surface area contributed by atoms with E-state index in [0.29, 0.717) is 5.56 Å². The lowest BCUT2D eigenvalue weighted by Gasteiger charge is -2.19. The van der Waals surface area contributed by atoms with Gasteiger partial charge in [0.1, 0.15) is 11.3 Å². The van der Waals surface area contributed by atoms with E-state index in [4.69, 9.17) is 10.8 Å². The predicted molar refractivity (Wildman–Crippen MR) is 52.0 cm³/mol. The van der Waals surface area contributed by atoms with Crippen molar-refractivity contribution < 1.29 is 15.0 Å². The summed E-state index contributed by atoms with van der Waals surface area (Å²) < 4.78 is 0. The second-order valence-corrected chi connectivity index (χ2v) is 3.53. The molecule has 0 radical (unpaired) electrons. The number of phenols is 1. The Kier molecular flexibility index (Phi) is 2.76. The maximum Gasteiger partial charge on any atom is 0.323 e. The Labute approximate surface area is 82.0 Å². The summed E-state index contributed by atoms with van der Waals surface area (Å²) in [7, 11) is 0. The third-order valence-electron chi connectivity index (χ3n) is 2.04. The molecule has 0 fully saturated rings. The van der Waals surface area contributed by atoms with Crippen LogP contribution in [0.4, 0.5) is 0 Å². The minimum Gasteiger partial charge on any atom is -0.508 e. The monoisotopic (exact) mass is 195 g/mol. The fourth-order valence-corrected chi connectivity index (χ4v) is 1.13. The average molecular weight is 195 g/mol. The quantitative estimate of drug-likeness (QED) is 0.664. The highest BCUT2D eigenvalue weighted by atomic mass is 16.4. The van der Waals surface area contributed by atoms with Crippen LogP contribution in [-0.4, -0.2) is 21.7 Å². The first-order valence-electron chi connectivity index (χ1n) is 4.22. The van der Waals surface area contributed by atoms with Crippen molar-refractivity contribution >= 4 is 5.97 Å². The zero-order chi connectivity index (χ0) is 10.8. The molecule has 0 heterocycles. The molecule has 0 saturated carbocycles. The van der Waals surface area contributed by atoms with Gasteiger partial charge >= 0.3 is 5.97 Å². The van der Waals surface area contributed by atoms with Crippen molar-refractivity contribution in [2.24, 2.45) is 5.73 Å². The Hall–Kier alpha value is -1.55. The topological polar surface area (TPSA) is 83.5 Å². The first-order valence-corrected chi connectivity index (χ1v) is 4.22. The molecule has 0 spiro atoms. The van der Waals surface area contributed by atoms with E-state index in [1.807, 2.05) is 0 Å². The van der Waals surface area contributed by atoms with E-state index >= 15 is 0 Å². The molecule has 4 heteroatoms. The smallest absolute Gasteiger partial charge is 0.323 e. The van der Waals surface area contributed by atoms with E-state index in [-0.39, 0.29) is 12.2 Å². The molecule has 1 rings (SSSR count). The third-order valence-corrected chi connectivity index (χ3v) is 2.04. The van der Waals surface area contributed by atoms with Crippen LogP contribution in [0.3, 0.4) is 0 Å². The maximum absolute atomic E-state index is 10.7. The second-order valence-electron chi connectivity index (χ2n) is 3.53. The fourth-order valence-electron chi connectivity index (χ4n) is 1.13. The van der Waals surface area contributed by atoms with Gasteiger partial charge in [0.15, 0.2) is 0 Å². The van der Waals surface area contributed by atoms with Crippen molar-refractivity contribution in [1.82, 2.24) is 0 Å². The number of aliphatic carboxylic acids is 1. The van der Waals surface area contributed by atoms with Crippen molar-refractivity contribution in [3.63, 3.8) is 0 Å². The minimum absolute atomic E-state index is 0.0745. The molecule has 1 aromatic rings. The highest BCUT2D eigenvalue weighted by Gasteiger charge is 2.28. The summed E-state index contributed by atoms with van der Waals surface area (Å²) in [5, 5.41) is 18.2. The molecular weight excluding hydrogens is 182 g/mol. The van der Waals surface area contributed by atoms with Crippen molar-refractivity contribution in [3.8, 4) is 5.75 Å². The molecule has 0 amide bonds. The first kappa shape index (κ1) is 10.5. The van der Waals surface area contributed by atoms with Crippen LogP contribution >= 0.6 is 0 Å². The van der Waals surface area contributed by atoms with Gasteiger partial charge in [0.05, 0.1) is 0 Å². The van der Waals surface area contributed by atoms with Gasteiger partial charge < -0.3 is 15.9 Å². The Morgan fingerprint density at radius 3 is 2.57 bits per heavy atom. The molecule has 1 aromatic carbocycles. The molecule has 0 aliphatic rings. The number of hydrogen-bond donors (Lipinski definition) is 3. The minimum atomic E-state index is -1.35. The molecule has 1 atom stereocenters. The first-order chi connectivity index (χ1) is 6.43. The number of carboxylic acids is 1. The Balaban J connectivity index is 2.89. The fraction of sp³-hybridized carbons (Fsp3) is 0.300. The molecule has 0 aliphatic heterocycles. The Morgan fingerprint density at radius 1 is 1.50 bits per heavy atom. The Morgan fingerprint density at radius 2 is 2.07 bits per heavy atom. The number of para-hydroxylation sites is 1. The predicted octanol–water partition coefficient (Wildman–Crippen LogP) is 0.737. The summed E-state index contributed by atoms with van der Waals surface area (Å²) in [6.45, 7) is 1.42. The largest absolute Gasteiger partial charge is 0.508 e. The lowest BCUT2D eigenvalue weighted by atomic mass is 9.94. The Bertz CT molecular complexity index is 347. The summed E-state index contributed by atoms with van der Waals surface area (Å²) in [4.78, 5) is 10.7. The molecule has 4 nitrogen and oxygen atoms in total. The van der Waals surface area contributed by atoms with E-state index in [1.165, 1.54) is 13.0 Å². The average Bonchev–Trinajstić information content (AvgIpc) is 2.08. The summed E-state index contributed by atoms with van der Waals surface area (Å²) in [6, 6.07) is 6.57. The number of carbonyl (C=O) groups is 1. The van der Waals surface area contributed by atoms with Gasteiger partial charge in [-0.1, -0.05) is 18.2 Å². The number of nitrogens with two attached hydrogens (primary N) is 1. The summed E-state index contributed by atoms with van der Waals surface area (Å²) in [5.74, 6) is -1.01. The van der Waals surface area contributed by atoms with Crippen LogP contribution in [0.1, 0.15) is 12.5 Å². The van der Waals surface area contributed by atoms with E-state index in [1.54, 1.807) is 18.2 Å². The summed E-state index contributed by atoms with van der Waals surface area (Å²) in [6.07, 6.45) is 0.106. The van der Waals surface area contributed by atoms with Gasteiger partial charge in [-0.05, 0) is 18.6 Å². The van der Waals surface area contributed by atoms with Crippen LogP contribution in [0.2, 0.25) is 0 Å². The highest BCUT2D eigenvalue weighted by molar-refractivity contribution is 5.78. The lowest BCUT2D eigenvalue weighted by Crippen LogP contribution is -2.46. The van der Waals surface area contributed by atoms with Crippen LogP contribution in [0.15, 0.2) is 24.3 Å². The van der Waals surface area contributed by atoms with Crippen molar-refractivity contribution in [2.45, 2.75) is 18.9 Å². The molecule has 0 bridgehead atoms. The van der Waals surface area contributed by atoms with Crippen molar-refractivity contribution in [3.05, 3.63) is 29.8 Å². The van der Waals surface area contributed by atoms with Crippen molar-refractivity contribution in [1.29, 1.82) is 0 Å². The number of rotatable bonds is 3. The van der Waals surface area contributed by atoms with Crippen LogP contribution in [-0.2, 0) is 11.2 Å². The zero-order valence-corrected chi connectivity index (χ0v) is 7.90. The second kappa shape index (κ2) is 3.67. The van der Waals surface area contributed by atoms with E-state index in [2.05, 4.69) is 0 Å². The van der Waals surface area contributed by atoms with E-state index in [0.717, 1.165) is 0 Å². The lowest BCUT2D eigenvalue weighted by molar-refractivity contribution is -0.142. The summed E-state index contributed by atoms with van der Waals surface area (Å²) in [5.41, 5.74) is 4.74. The van der Waals surface area contributed by atoms with E-state index < -0.39 is 11.5 Å². The molecular formula is C10H13NO3. The summed E-state index contributed by atoms with van der Waals surface area (Å²) >= 11 is 0. The number of hydrogen-bond acceptors (Lipinski definition) is 3. The van der Waals surface area contributed by atoms with Crippen LogP contribution in [0, 0.1) is 0 Å².